The van der Waals surface area contributed by atoms with E-state index in [1.54, 1.807) is 24.3 Å². The zero-order valence-corrected chi connectivity index (χ0v) is 21.6. The SMILES string of the molecule is [2H]C1([2H])Sc2ccccc2[C@]([2H])(N2[C@@H]3CC4(CCOCC4)CCN3C(=O)c3c(O)c(=O)ccn32)c2ccc(F)c(F)c21. The second-order valence-electron chi connectivity index (χ2n) is 10.4. The second-order valence-corrected chi connectivity index (χ2v) is 11.3. The zero-order valence-electron chi connectivity index (χ0n) is 23.8. The molecule has 0 bridgehead atoms. The predicted octanol–water partition coefficient (Wildman–Crippen LogP) is 4.54. The molecule has 2 aromatic carbocycles. The van der Waals surface area contributed by atoms with Gasteiger partial charge >= 0.3 is 0 Å². The van der Waals surface area contributed by atoms with Gasteiger partial charge in [0.15, 0.2) is 23.1 Å². The van der Waals surface area contributed by atoms with Crippen LogP contribution in [-0.2, 0) is 10.4 Å². The molecule has 4 aliphatic heterocycles. The Morgan fingerprint density at radius 2 is 1.87 bits per heavy atom. The van der Waals surface area contributed by atoms with Crippen molar-refractivity contribution in [1.29, 1.82) is 0 Å². The van der Waals surface area contributed by atoms with Crippen molar-refractivity contribution in [3.8, 4) is 5.75 Å². The van der Waals surface area contributed by atoms with E-state index >= 15 is 4.39 Å². The van der Waals surface area contributed by atoms with Gasteiger partial charge in [0.2, 0.25) is 5.43 Å². The smallest absolute Gasteiger partial charge is 0.278 e. The topological polar surface area (TPSA) is 75.0 Å². The van der Waals surface area contributed by atoms with Crippen molar-refractivity contribution in [2.45, 2.75) is 48.5 Å². The van der Waals surface area contributed by atoms with Crippen molar-refractivity contribution < 1.29 is 27.5 Å². The van der Waals surface area contributed by atoms with Crippen LogP contribution in [0.2, 0.25) is 0 Å². The number of nitrogens with zero attached hydrogens (tertiary/aromatic N) is 3. The number of thioether (sulfide) groups is 1. The third-order valence-corrected chi connectivity index (χ3v) is 9.31. The molecule has 3 aromatic rings. The van der Waals surface area contributed by atoms with Crippen molar-refractivity contribution >= 4 is 17.7 Å². The predicted molar refractivity (Wildman–Crippen MR) is 141 cm³/mol. The minimum atomic E-state index is -2.46. The van der Waals surface area contributed by atoms with Crippen LogP contribution in [0, 0.1) is 17.0 Å². The highest BCUT2D eigenvalue weighted by molar-refractivity contribution is 7.98. The molecular weight excluding hydrogens is 524 g/mol. The summed E-state index contributed by atoms with van der Waals surface area (Å²) < 4.78 is 65.3. The van der Waals surface area contributed by atoms with E-state index in [0.29, 0.717) is 42.7 Å². The Kier molecular flexibility index (Phi) is 5.00. The average Bonchev–Trinajstić information content (AvgIpc) is 3.03. The summed E-state index contributed by atoms with van der Waals surface area (Å²) in [6.45, 7) is 1.37. The molecule has 2 atom stereocenters. The van der Waals surface area contributed by atoms with Gasteiger partial charge in [-0.25, -0.2) is 8.78 Å². The van der Waals surface area contributed by atoms with Crippen LogP contribution in [0.25, 0.3) is 0 Å². The van der Waals surface area contributed by atoms with Crippen LogP contribution in [0.4, 0.5) is 8.78 Å². The standard InChI is InChI=1S/C29H27F2N3O4S/c30-20-6-5-17-19(24(20)31)16-39-22-4-2-1-3-18(22)25(17)34-23-15-29(9-13-38-14-10-29)8-12-32(23)28(37)26-27(36)21(35)7-11-33(26)34/h1-7,11,23,25,36H,8-10,12-16H2/t23-,25-/m1/s1/i16D2,25D. The summed E-state index contributed by atoms with van der Waals surface area (Å²) in [5.74, 6) is -4.00. The molecule has 0 unspecified atom stereocenters. The largest absolute Gasteiger partial charge is 0.502 e. The molecule has 1 spiro atoms. The first-order chi connectivity index (χ1) is 20.0. The number of aromatic nitrogens is 1. The van der Waals surface area contributed by atoms with Crippen LogP contribution in [-0.4, -0.2) is 46.5 Å². The number of pyridine rings is 1. The molecule has 0 radical (unpaired) electrons. The van der Waals surface area contributed by atoms with E-state index in [1.165, 1.54) is 26.8 Å². The summed E-state index contributed by atoms with van der Waals surface area (Å²) in [4.78, 5) is 28.3. The van der Waals surface area contributed by atoms with Crippen LogP contribution in [0.3, 0.4) is 0 Å². The molecule has 0 aliphatic carbocycles. The fourth-order valence-electron chi connectivity index (χ4n) is 6.35. The maximum atomic E-state index is 15.7. The number of aromatic hydroxyl groups is 1. The number of carbonyl (C=O) groups is 1. The van der Waals surface area contributed by atoms with Crippen LogP contribution < -0.4 is 10.4 Å². The fraction of sp³-hybridized carbons (Fsp3) is 0.379. The molecule has 0 saturated carbocycles. The van der Waals surface area contributed by atoms with Crippen molar-refractivity contribution in [2.24, 2.45) is 5.41 Å². The lowest BCUT2D eigenvalue weighted by Crippen LogP contribution is -2.66. The molecule has 2 fully saturated rings. The summed E-state index contributed by atoms with van der Waals surface area (Å²) >= 11 is 0.680. The van der Waals surface area contributed by atoms with Crippen LogP contribution in [0.15, 0.2) is 58.4 Å². The Hall–Kier alpha value is -3.37. The summed E-state index contributed by atoms with van der Waals surface area (Å²) in [5.41, 5.74) is -4.26. The number of rotatable bonds is 1. The van der Waals surface area contributed by atoms with Gasteiger partial charge in [-0.15, -0.1) is 11.8 Å². The van der Waals surface area contributed by atoms with Crippen molar-refractivity contribution in [3.63, 3.8) is 0 Å². The van der Waals surface area contributed by atoms with E-state index in [0.717, 1.165) is 25.0 Å². The first-order valence-electron chi connectivity index (χ1n) is 14.4. The first-order valence-corrected chi connectivity index (χ1v) is 13.7. The molecular formula is C29H27F2N3O4S. The van der Waals surface area contributed by atoms with Gasteiger partial charge in [0.25, 0.3) is 5.91 Å². The number of benzene rings is 2. The molecule has 5 heterocycles. The van der Waals surface area contributed by atoms with Crippen molar-refractivity contribution in [1.82, 2.24) is 9.58 Å². The number of fused-ring (bicyclic) bond motifs is 4. The van der Waals surface area contributed by atoms with Crippen LogP contribution in [0.5, 0.6) is 5.75 Å². The monoisotopic (exact) mass is 554 g/mol. The fourth-order valence-corrected chi connectivity index (χ4v) is 7.18. The number of amides is 1. The third kappa shape index (κ3) is 3.71. The number of hydrogen-bond donors (Lipinski definition) is 1. The number of hydrogen-bond acceptors (Lipinski definition) is 6. The molecule has 7 rings (SSSR count). The minimum Gasteiger partial charge on any atom is -0.502 e. The lowest BCUT2D eigenvalue weighted by atomic mass is 9.71. The molecule has 4 aliphatic rings. The highest BCUT2D eigenvalue weighted by Gasteiger charge is 2.51. The highest BCUT2D eigenvalue weighted by atomic mass is 32.2. The van der Waals surface area contributed by atoms with E-state index in [-0.39, 0.29) is 28.8 Å². The van der Waals surface area contributed by atoms with E-state index in [9.17, 15) is 20.5 Å². The van der Waals surface area contributed by atoms with Crippen LogP contribution >= 0.6 is 11.8 Å². The Bertz CT molecular complexity index is 1700. The average molecular weight is 555 g/mol. The van der Waals surface area contributed by atoms with Gasteiger partial charge in [-0.05, 0) is 54.4 Å². The first kappa shape index (κ1) is 21.5. The van der Waals surface area contributed by atoms with E-state index < -0.39 is 52.2 Å². The maximum absolute atomic E-state index is 15.7. The van der Waals surface area contributed by atoms with E-state index in [4.69, 9.17) is 7.48 Å². The van der Waals surface area contributed by atoms with Crippen molar-refractivity contribution in [2.75, 3.05) is 24.8 Å². The normalized spacial score (nSPS) is 27.8. The molecule has 2 saturated heterocycles. The summed E-state index contributed by atoms with van der Waals surface area (Å²) in [6.07, 6.45) is 3.04. The van der Waals surface area contributed by atoms with Gasteiger partial charge in [-0.2, -0.15) is 0 Å². The lowest BCUT2D eigenvalue weighted by molar-refractivity contribution is -0.0430. The number of ether oxygens (including phenoxy) is 1. The summed E-state index contributed by atoms with van der Waals surface area (Å²) in [6, 6.07) is 7.67. The van der Waals surface area contributed by atoms with Crippen molar-refractivity contribution in [3.05, 3.63) is 92.9 Å². The number of halogens is 2. The van der Waals surface area contributed by atoms with Gasteiger partial charge in [-0.3, -0.25) is 19.3 Å². The minimum absolute atomic E-state index is 0.145. The summed E-state index contributed by atoms with van der Waals surface area (Å²) in [5, 5.41) is 12.4. The van der Waals surface area contributed by atoms with Gasteiger partial charge in [-0.1, -0.05) is 24.3 Å². The molecule has 1 aromatic heterocycles. The highest BCUT2D eigenvalue weighted by Crippen LogP contribution is 2.50. The van der Waals surface area contributed by atoms with Gasteiger partial charge in [0, 0.05) is 50.9 Å². The molecule has 10 heteroatoms. The van der Waals surface area contributed by atoms with Gasteiger partial charge in [0.05, 0.1) is 7.39 Å². The zero-order chi connectivity index (χ0) is 29.6. The van der Waals surface area contributed by atoms with Crippen LogP contribution in [0.1, 0.15) is 63.0 Å². The molecule has 202 valence electrons. The molecule has 39 heavy (non-hydrogen) atoms. The third-order valence-electron chi connectivity index (χ3n) is 8.43. The Labute approximate surface area is 232 Å². The molecule has 1 amide bonds. The molecule has 7 nitrogen and oxygen atoms in total. The second kappa shape index (κ2) is 9.09. The summed E-state index contributed by atoms with van der Waals surface area (Å²) in [7, 11) is 0. The Balaban J connectivity index is 1.57. The molecule has 1 N–H and O–H groups in total. The number of carbonyl (C=O) groups excluding carboxylic acids is 1. The van der Waals surface area contributed by atoms with Gasteiger partial charge < -0.3 is 14.7 Å². The van der Waals surface area contributed by atoms with E-state index in [2.05, 4.69) is 0 Å². The lowest BCUT2D eigenvalue weighted by Gasteiger charge is -2.56. The maximum Gasteiger partial charge on any atom is 0.278 e. The quantitative estimate of drug-likeness (QED) is 0.476. The Morgan fingerprint density at radius 1 is 1.08 bits per heavy atom. The van der Waals surface area contributed by atoms with E-state index in [1.807, 2.05) is 0 Å². The Morgan fingerprint density at radius 3 is 2.69 bits per heavy atom. The van der Waals surface area contributed by atoms with Gasteiger partial charge in [0.1, 0.15) is 6.17 Å². The number of piperidine rings is 1.